The Morgan fingerprint density at radius 1 is 0.793 bits per heavy atom. The van der Waals surface area contributed by atoms with Crippen molar-refractivity contribution in [3.8, 4) is 0 Å². The molecule has 2 aromatic carbocycles. The molecule has 2 aliphatic heterocycles. The summed E-state index contributed by atoms with van der Waals surface area (Å²) in [7, 11) is 0. The number of hydrogen-bond donors (Lipinski definition) is 0. The van der Waals surface area contributed by atoms with Crippen molar-refractivity contribution >= 4 is 36.4 Å². The highest BCUT2D eigenvalue weighted by atomic mass is 35.5. The predicted molar refractivity (Wildman–Crippen MR) is 124 cm³/mol. The van der Waals surface area contributed by atoms with E-state index >= 15 is 0 Å². The molecule has 1 amide bonds. The molecule has 0 aliphatic carbocycles. The Balaban J connectivity index is 0.00000150. The standard InChI is InChI=1S/C23H29N3O.2ClH/c1-23(2)20-10-6-7-11-21(20)26(22(23)27)17-16-24-12-14-25(15-13-24)18-19-8-4-3-5-9-19;;/h3-11H,12-18H2,1-2H3;2*1H. The lowest BCUT2D eigenvalue weighted by Gasteiger charge is -2.35. The maximum atomic E-state index is 12.9. The van der Waals surface area contributed by atoms with Crippen LogP contribution < -0.4 is 4.90 Å². The number of nitrogens with zero attached hydrogens (tertiary/aromatic N) is 3. The van der Waals surface area contributed by atoms with Crippen LogP contribution in [0.4, 0.5) is 5.69 Å². The smallest absolute Gasteiger partial charge is 0.237 e. The van der Waals surface area contributed by atoms with Crippen molar-refractivity contribution in [3.63, 3.8) is 0 Å². The summed E-state index contributed by atoms with van der Waals surface area (Å²) in [6.07, 6.45) is 0. The third kappa shape index (κ3) is 4.95. The summed E-state index contributed by atoms with van der Waals surface area (Å²) in [6, 6.07) is 18.9. The van der Waals surface area contributed by atoms with Gasteiger partial charge in [-0.25, -0.2) is 0 Å². The van der Waals surface area contributed by atoms with Crippen LogP contribution in [0.3, 0.4) is 0 Å². The number of piperazine rings is 1. The molecule has 2 aromatic rings. The van der Waals surface area contributed by atoms with Crippen LogP contribution in [0.5, 0.6) is 0 Å². The van der Waals surface area contributed by atoms with E-state index in [1.165, 1.54) is 5.56 Å². The highest BCUT2D eigenvalue weighted by Gasteiger charge is 2.43. The number of para-hydroxylation sites is 1. The maximum absolute atomic E-state index is 12.9. The first-order chi connectivity index (χ1) is 13.1. The van der Waals surface area contributed by atoms with Crippen molar-refractivity contribution in [2.24, 2.45) is 0 Å². The zero-order valence-corrected chi connectivity index (χ0v) is 18.8. The first kappa shape index (κ1) is 23.7. The molecule has 0 atom stereocenters. The Morgan fingerprint density at radius 3 is 2.07 bits per heavy atom. The van der Waals surface area contributed by atoms with Crippen LogP contribution in [0.15, 0.2) is 54.6 Å². The van der Waals surface area contributed by atoms with Crippen LogP contribution in [0, 0.1) is 0 Å². The Morgan fingerprint density at radius 2 is 1.38 bits per heavy atom. The number of rotatable bonds is 5. The average Bonchev–Trinajstić information content (AvgIpc) is 2.89. The van der Waals surface area contributed by atoms with Gasteiger partial charge in [0.15, 0.2) is 0 Å². The number of carbonyl (C=O) groups is 1. The minimum absolute atomic E-state index is 0. The van der Waals surface area contributed by atoms with E-state index in [2.05, 4.69) is 52.3 Å². The van der Waals surface area contributed by atoms with Gasteiger partial charge >= 0.3 is 0 Å². The van der Waals surface area contributed by atoms with Crippen molar-refractivity contribution < 1.29 is 4.79 Å². The minimum atomic E-state index is -0.412. The number of hydrogen-bond acceptors (Lipinski definition) is 3. The van der Waals surface area contributed by atoms with Gasteiger partial charge in [-0.1, -0.05) is 48.5 Å². The molecule has 0 N–H and O–H groups in total. The van der Waals surface area contributed by atoms with Crippen LogP contribution >= 0.6 is 24.8 Å². The van der Waals surface area contributed by atoms with E-state index in [1.54, 1.807) is 0 Å². The highest BCUT2D eigenvalue weighted by molar-refractivity contribution is 6.07. The molecule has 1 fully saturated rings. The quantitative estimate of drug-likeness (QED) is 0.710. The van der Waals surface area contributed by atoms with E-state index in [4.69, 9.17) is 0 Å². The van der Waals surface area contributed by atoms with E-state index in [-0.39, 0.29) is 30.7 Å². The second kappa shape index (κ2) is 9.94. The Bertz CT molecular complexity index is 805. The fourth-order valence-corrected chi connectivity index (χ4v) is 4.28. The van der Waals surface area contributed by atoms with Crippen LogP contribution in [-0.2, 0) is 16.8 Å². The van der Waals surface area contributed by atoms with E-state index in [0.29, 0.717) is 0 Å². The summed E-state index contributed by atoms with van der Waals surface area (Å²) in [4.78, 5) is 19.9. The Hall–Kier alpha value is -1.59. The largest absolute Gasteiger partial charge is 0.310 e. The second-order valence-electron chi connectivity index (χ2n) is 8.20. The zero-order valence-electron chi connectivity index (χ0n) is 17.2. The number of halogens is 2. The molecule has 4 rings (SSSR count). The van der Waals surface area contributed by atoms with E-state index < -0.39 is 5.41 Å². The van der Waals surface area contributed by atoms with Crippen molar-refractivity contribution in [1.29, 1.82) is 0 Å². The first-order valence-corrected chi connectivity index (χ1v) is 9.96. The number of amides is 1. The average molecular weight is 436 g/mol. The third-order valence-electron chi connectivity index (χ3n) is 6.00. The lowest BCUT2D eigenvalue weighted by molar-refractivity contribution is -0.122. The zero-order chi connectivity index (χ0) is 18.9. The maximum Gasteiger partial charge on any atom is 0.237 e. The molecule has 6 heteroatoms. The minimum Gasteiger partial charge on any atom is -0.310 e. The molecule has 2 aliphatic rings. The van der Waals surface area contributed by atoms with Crippen LogP contribution in [0.25, 0.3) is 0 Å². The van der Waals surface area contributed by atoms with Crippen molar-refractivity contribution in [2.45, 2.75) is 25.8 Å². The molecule has 4 nitrogen and oxygen atoms in total. The van der Waals surface area contributed by atoms with Gasteiger partial charge in [-0.05, 0) is 31.0 Å². The van der Waals surface area contributed by atoms with Gasteiger partial charge in [0, 0.05) is 51.5 Å². The predicted octanol–water partition coefficient (Wildman–Crippen LogP) is 3.97. The number of anilines is 1. The Labute approximate surface area is 186 Å². The van der Waals surface area contributed by atoms with Crippen molar-refractivity contribution in [2.75, 3.05) is 44.2 Å². The second-order valence-corrected chi connectivity index (χ2v) is 8.20. The molecule has 158 valence electrons. The molecule has 1 saturated heterocycles. The van der Waals surface area contributed by atoms with Gasteiger partial charge in [0.2, 0.25) is 5.91 Å². The van der Waals surface area contributed by atoms with Gasteiger partial charge in [-0.15, -0.1) is 24.8 Å². The first-order valence-electron chi connectivity index (χ1n) is 9.96. The van der Waals surface area contributed by atoms with E-state index in [0.717, 1.165) is 57.1 Å². The van der Waals surface area contributed by atoms with Crippen LogP contribution in [-0.4, -0.2) is 55.0 Å². The van der Waals surface area contributed by atoms with Gasteiger partial charge in [-0.2, -0.15) is 0 Å². The third-order valence-corrected chi connectivity index (χ3v) is 6.00. The SMILES string of the molecule is CC1(C)C(=O)N(CCN2CCN(Cc3ccccc3)CC2)c2ccccc21.Cl.Cl. The fourth-order valence-electron chi connectivity index (χ4n) is 4.28. The number of carbonyl (C=O) groups excluding carboxylic acids is 1. The van der Waals surface area contributed by atoms with E-state index in [1.807, 2.05) is 30.9 Å². The highest BCUT2D eigenvalue weighted by Crippen LogP contribution is 2.41. The summed E-state index contributed by atoms with van der Waals surface area (Å²) in [5.41, 5.74) is 3.22. The number of benzene rings is 2. The fraction of sp³-hybridized carbons (Fsp3) is 0.435. The van der Waals surface area contributed by atoms with Crippen molar-refractivity contribution in [3.05, 3.63) is 65.7 Å². The molecule has 0 spiro atoms. The van der Waals surface area contributed by atoms with Gasteiger partial charge < -0.3 is 4.90 Å². The summed E-state index contributed by atoms with van der Waals surface area (Å²) < 4.78 is 0. The molecule has 0 aromatic heterocycles. The summed E-state index contributed by atoms with van der Waals surface area (Å²) in [6.45, 7) is 11.1. The number of fused-ring (bicyclic) bond motifs is 1. The summed E-state index contributed by atoms with van der Waals surface area (Å²) >= 11 is 0. The Kier molecular flexibility index (Phi) is 8.12. The molecule has 0 unspecified atom stereocenters. The van der Waals surface area contributed by atoms with Gasteiger partial charge in [0.25, 0.3) is 0 Å². The molecule has 0 bridgehead atoms. The van der Waals surface area contributed by atoms with Gasteiger partial charge in [0.1, 0.15) is 0 Å². The summed E-state index contributed by atoms with van der Waals surface area (Å²) in [5.74, 6) is 0.228. The lowest BCUT2D eigenvalue weighted by atomic mass is 9.86. The molecule has 0 radical (unpaired) electrons. The van der Waals surface area contributed by atoms with Crippen LogP contribution in [0.1, 0.15) is 25.0 Å². The lowest BCUT2D eigenvalue weighted by Crippen LogP contribution is -2.49. The monoisotopic (exact) mass is 435 g/mol. The molecule has 2 heterocycles. The molecular weight excluding hydrogens is 405 g/mol. The van der Waals surface area contributed by atoms with E-state index in [9.17, 15) is 4.79 Å². The van der Waals surface area contributed by atoms with Gasteiger partial charge in [-0.3, -0.25) is 14.6 Å². The molecule has 29 heavy (non-hydrogen) atoms. The van der Waals surface area contributed by atoms with Crippen LogP contribution in [0.2, 0.25) is 0 Å². The normalized spacial score (nSPS) is 18.7. The summed E-state index contributed by atoms with van der Waals surface area (Å²) in [5, 5.41) is 0. The topological polar surface area (TPSA) is 26.8 Å². The molecular formula is C23H31Cl2N3O. The van der Waals surface area contributed by atoms with Gasteiger partial charge in [0.05, 0.1) is 5.41 Å². The molecule has 0 saturated carbocycles. The van der Waals surface area contributed by atoms with Crippen molar-refractivity contribution in [1.82, 2.24) is 9.80 Å².